The number of anilines is 1. The summed E-state index contributed by atoms with van der Waals surface area (Å²) < 4.78 is 1.000. The van der Waals surface area contributed by atoms with Crippen molar-refractivity contribution in [2.75, 3.05) is 18.9 Å². The van der Waals surface area contributed by atoms with Gasteiger partial charge in [0.15, 0.2) is 0 Å². The molecule has 0 bridgehead atoms. The van der Waals surface area contributed by atoms with E-state index in [2.05, 4.69) is 26.6 Å². The van der Waals surface area contributed by atoms with Crippen LogP contribution in [0.1, 0.15) is 13.8 Å². The Hall–Kier alpha value is -0.870. The summed E-state index contributed by atoms with van der Waals surface area (Å²) >= 11 is 3.35. The Labute approximate surface area is 105 Å². The monoisotopic (exact) mass is 284 g/mol. The van der Waals surface area contributed by atoms with Crippen molar-refractivity contribution in [1.82, 2.24) is 5.32 Å². The summed E-state index contributed by atoms with van der Waals surface area (Å²) in [6, 6.07) is 7.55. The molecule has 0 saturated heterocycles. The summed E-state index contributed by atoms with van der Waals surface area (Å²) in [6.45, 7) is 4.48. The van der Waals surface area contributed by atoms with Gasteiger partial charge in [0.05, 0.1) is 5.41 Å². The smallest absolute Gasteiger partial charge is 0.231 e. The molecule has 0 aliphatic carbocycles. The van der Waals surface area contributed by atoms with Crippen LogP contribution in [-0.2, 0) is 4.79 Å². The van der Waals surface area contributed by atoms with E-state index in [1.165, 1.54) is 0 Å². The van der Waals surface area contributed by atoms with Gasteiger partial charge in [-0.2, -0.15) is 0 Å². The molecule has 0 heterocycles. The third kappa shape index (κ3) is 3.61. The third-order valence-electron chi connectivity index (χ3n) is 2.34. The highest BCUT2D eigenvalue weighted by Crippen LogP contribution is 2.19. The van der Waals surface area contributed by atoms with Crippen LogP contribution < -0.4 is 10.6 Å². The van der Waals surface area contributed by atoms with Gasteiger partial charge < -0.3 is 10.6 Å². The van der Waals surface area contributed by atoms with Gasteiger partial charge in [0.2, 0.25) is 5.91 Å². The average Bonchev–Trinajstić information content (AvgIpc) is 2.21. The van der Waals surface area contributed by atoms with Crippen LogP contribution in [0.25, 0.3) is 0 Å². The number of rotatable bonds is 4. The van der Waals surface area contributed by atoms with Gasteiger partial charge in [-0.25, -0.2) is 0 Å². The molecular formula is C12H17BrN2O. The fourth-order valence-electron chi connectivity index (χ4n) is 1.36. The Morgan fingerprint density at radius 3 is 2.38 bits per heavy atom. The van der Waals surface area contributed by atoms with Gasteiger partial charge in [-0.15, -0.1) is 0 Å². The number of carbonyl (C=O) groups is 1. The lowest BCUT2D eigenvalue weighted by atomic mass is 9.92. The highest BCUT2D eigenvalue weighted by atomic mass is 79.9. The minimum absolute atomic E-state index is 0.0178. The van der Waals surface area contributed by atoms with E-state index in [-0.39, 0.29) is 5.91 Å². The van der Waals surface area contributed by atoms with E-state index >= 15 is 0 Å². The fourth-order valence-corrected chi connectivity index (χ4v) is 1.62. The quantitative estimate of drug-likeness (QED) is 0.893. The van der Waals surface area contributed by atoms with Crippen LogP contribution >= 0.6 is 15.9 Å². The van der Waals surface area contributed by atoms with E-state index in [1.807, 2.05) is 45.2 Å². The minimum atomic E-state index is -0.415. The molecule has 2 N–H and O–H groups in total. The first-order valence-electron chi connectivity index (χ1n) is 5.17. The second kappa shape index (κ2) is 5.46. The van der Waals surface area contributed by atoms with Gasteiger partial charge in [0.1, 0.15) is 0 Å². The maximum atomic E-state index is 11.9. The van der Waals surface area contributed by atoms with Crippen molar-refractivity contribution in [3.8, 4) is 0 Å². The number of benzene rings is 1. The molecule has 1 aromatic rings. The number of carbonyl (C=O) groups excluding carboxylic acids is 1. The van der Waals surface area contributed by atoms with Crippen LogP contribution in [0.4, 0.5) is 5.69 Å². The predicted molar refractivity (Wildman–Crippen MR) is 70.5 cm³/mol. The number of hydrogen-bond donors (Lipinski definition) is 2. The molecule has 0 aliphatic rings. The first kappa shape index (κ1) is 13.2. The summed E-state index contributed by atoms with van der Waals surface area (Å²) in [5.74, 6) is 0.0178. The second-order valence-corrected chi connectivity index (χ2v) is 5.29. The summed E-state index contributed by atoms with van der Waals surface area (Å²) in [4.78, 5) is 11.9. The van der Waals surface area contributed by atoms with E-state index in [0.29, 0.717) is 6.54 Å². The molecule has 1 aromatic carbocycles. The van der Waals surface area contributed by atoms with Crippen molar-refractivity contribution in [2.45, 2.75) is 13.8 Å². The van der Waals surface area contributed by atoms with Gasteiger partial charge in [-0.3, -0.25) is 4.79 Å². The van der Waals surface area contributed by atoms with Crippen molar-refractivity contribution in [1.29, 1.82) is 0 Å². The Balaban J connectivity index is 2.67. The molecule has 88 valence electrons. The standard InChI is InChI=1S/C12H17BrN2O/c1-12(2,8-14-3)11(16)15-10-6-4-9(13)5-7-10/h4-7,14H,8H2,1-3H3,(H,15,16). The maximum absolute atomic E-state index is 11.9. The van der Waals surface area contributed by atoms with Crippen LogP contribution in [0.3, 0.4) is 0 Å². The Bertz CT molecular complexity index is 360. The molecule has 1 rings (SSSR count). The minimum Gasteiger partial charge on any atom is -0.326 e. The molecule has 16 heavy (non-hydrogen) atoms. The number of hydrogen-bond acceptors (Lipinski definition) is 2. The Morgan fingerprint density at radius 2 is 1.88 bits per heavy atom. The topological polar surface area (TPSA) is 41.1 Å². The summed E-state index contributed by atoms with van der Waals surface area (Å²) in [7, 11) is 1.84. The molecule has 0 radical (unpaired) electrons. The summed E-state index contributed by atoms with van der Waals surface area (Å²) in [5.41, 5.74) is 0.402. The molecule has 1 amide bonds. The fraction of sp³-hybridized carbons (Fsp3) is 0.417. The zero-order valence-electron chi connectivity index (χ0n) is 9.80. The van der Waals surface area contributed by atoms with Crippen LogP contribution in [0.2, 0.25) is 0 Å². The lowest BCUT2D eigenvalue weighted by Gasteiger charge is -2.23. The summed E-state index contributed by atoms with van der Waals surface area (Å²) in [5, 5.41) is 5.91. The third-order valence-corrected chi connectivity index (χ3v) is 2.86. The van der Waals surface area contributed by atoms with E-state index in [9.17, 15) is 4.79 Å². The molecule has 4 heteroatoms. The molecule has 3 nitrogen and oxygen atoms in total. The molecular weight excluding hydrogens is 268 g/mol. The highest BCUT2D eigenvalue weighted by molar-refractivity contribution is 9.10. The maximum Gasteiger partial charge on any atom is 0.231 e. The second-order valence-electron chi connectivity index (χ2n) is 4.38. The number of nitrogens with one attached hydrogen (secondary N) is 2. The average molecular weight is 285 g/mol. The van der Waals surface area contributed by atoms with Crippen molar-refractivity contribution in [3.63, 3.8) is 0 Å². The van der Waals surface area contributed by atoms with Crippen LogP contribution in [0, 0.1) is 5.41 Å². The van der Waals surface area contributed by atoms with Crippen molar-refractivity contribution in [3.05, 3.63) is 28.7 Å². The van der Waals surface area contributed by atoms with E-state index in [1.54, 1.807) is 0 Å². The normalized spacial score (nSPS) is 11.2. The van der Waals surface area contributed by atoms with Gasteiger partial charge >= 0.3 is 0 Å². The largest absolute Gasteiger partial charge is 0.326 e. The highest BCUT2D eigenvalue weighted by Gasteiger charge is 2.26. The lowest BCUT2D eigenvalue weighted by molar-refractivity contribution is -0.123. The molecule has 0 saturated carbocycles. The SMILES string of the molecule is CNCC(C)(C)C(=O)Nc1ccc(Br)cc1. The van der Waals surface area contributed by atoms with E-state index in [4.69, 9.17) is 0 Å². The Morgan fingerprint density at radius 1 is 1.31 bits per heavy atom. The zero-order valence-corrected chi connectivity index (χ0v) is 11.4. The van der Waals surface area contributed by atoms with Gasteiger partial charge in [0.25, 0.3) is 0 Å². The molecule has 0 aliphatic heterocycles. The zero-order chi connectivity index (χ0) is 12.2. The Kier molecular flexibility index (Phi) is 4.50. The van der Waals surface area contributed by atoms with E-state index < -0.39 is 5.41 Å². The van der Waals surface area contributed by atoms with Crippen LogP contribution in [-0.4, -0.2) is 19.5 Å². The van der Waals surface area contributed by atoms with Crippen molar-refractivity contribution in [2.24, 2.45) is 5.41 Å². The molecule has 0 aromatic heterocycles. The molecule has 0 fully saturated rings. The van der Waals surface area contributed by atoms with Gasteiger partial charge in [-0.05, 0) is 45.2 Å². The predicted octanol–water partition coefficient (Wildman–Crippen LogP) is 2.63. The van der Waals surface area contributed by atoms with Crippen LogP contribution in [0.15, 0.2) is 28.7 Å². The van der Waals surface area contributed by atoms with Gasteiger partial charge in [-0.1, -0.05) is 15.9 Å². The lowest BCUT2D eigenvalue weighted by Crippen LogP contribution is -2.38. The van der Waals surface area contributed by atoms with E-state index in [0.717, 1.165) is 10.2 Å². The summed E-state index contributed by atoms with van der Waals surface area (Å²) in [6.07, 6.45) is 0. The van der Waals surface area contributed by atoms with Crippen LogP contribution in [0.5, 0.6) is 0 Å². The molecule has 0 spiro atoms. The number of amides is 1. The van der Waals surface area contributed by atoms with Crippen molar-refractivity contribution >= 4 is 27.5 Å². The molecule has 0 atom stereocenters. The molecule has 0 unspecified atom stereocenters. The first-order chi connectivity index (χ1) is 7.45. The van der Waals surface area contributed by atoms with Gasteiger partial charge in [0, 0.05) is 16.7 Å². The van der Waals surface area contributed by atoms with Crippen molar-refractivity contribution < 1.29 is 4.79 Å². The first-order valence-corrected chi connectivity index (χ1v) is 5.96. The number of halogens is 1.